The largest absolute Gasteiger partial charge is 0.382 e. The average molecular weight is 242 g/mol. The van der Waals surface area contributed by atoms with Crippen molar-refractivity contribution in [3.63, 3.8) is 0 Å². The number of halogens is 2. The van der Waals surface area contributed by atoms with Crippen LogP contribution >= 0.6 is 11.6 Å². The SMILES string of the molecule is CC(Nc1ccc(F)c(Cl)c1)C1CCCC1. The van der Waals surface area contributed by atoms with E-state index in [-0.39, 0.29) is 10.8 Å². The minimum Gasteiger partial charge on any atom is -0.382 e. The van der Waals surface area contributed by atoms with E-state index >= 15 is 0 Å². The number of nitrogens with one attached hydrogen (secondary N) is 1. The van der Waals surface area contributed by atoms with E-state index in [9.17, 15) is 4.39 Å². The van der Waals surface area contributed by atoms with Crippen molar-refractivity contribution in [3.05, 3.63) is 29.0 Å². The van der Waals surface area contributed by atoms with E-state index in [1.54, 1.807) is 12.1 Å². The summed E-state index contributed by atoms with van der Waals surface area (Å²) in [6.07, 6.45) is 5.26. The Morgan fingerprint density at radius 1 is 1.38 bits per heavy atom. The molecule has 1 fully saturated rings. The predicted octanol–water partition coefficient (Wildman–Crippen LogP) is 4.47. The van der Waals surface area contributed by atoms with Crippen LogP contribution in [0.2, 0.25) is 5.02 Å². The van der Waals surface area contributed by atoms with Crippen LogP contribution in [0.15, 0.2) is 18.2 Å². The Morgan fingerprint density at radius 2 is 2.06 bits per heavy atom. The smallest absolute Gasteiger partial charge is 0.141 e. The Hall–Kier alpha value is -0.760. The Bertz CT molecular complexity index is 361. The third-order valence-electron chi connectivity index (χ3n) is 3.42. The lowest BCUT2D eigenvalue weighted by atomic mass is 9.99. The molecule has 1 unspecified atom stereocenters. The highest BCUT2D eigenvalue weighted by Gasteiger charge is 2.21. The molecule has 2 rings (SSSR count). The predicted molar refractivity (Wildman–Crippen MR) is 66.5 cm³/mol. The Labute approximate surface area is 101 Å². The number of benzene rings is 1. The van der Waals surface area contributed by atoms with Crippen LogP contribution in [0.4, 0.5) is 10.1 Å². The molecule has 16 heavy (non-hydrogen) atoms. The van der Waals surface area contributed by atoms with E-state index < -0.39 is 0 Å². The zero-order valence-corrected chi connectivity index (χ0v) is 10.2. The summed E-state index contributed by atoms with van der Waals surface area (Å²) in [5.74, 6) is 0.379. The van der Waals surface area contributed by atoms with Gasteiger partial charge in [-0.15, -0.1) is 0 Å². The van der Waals surface area contributed by atoms with Gasteiger partial charge in [0.05, 0.1) is 5.02 Å². The number of rotatable bonds is 3. The van der Waals surface area contributed by atoms with Crippen LogP contribution in [0.5, 0.6) is 0 Å². The van der Waals surface area contributed by atoms with Crippen molar-refractivity contribution in [3.8, 4) is 0 Å². The molecule has 0 spiro atoms. The van der Waals surface area contributed by atoms with Crippen LogP contribution in [0.25, 0.3) is 0 Å². The highest BCUT2D eigenvalue weighted by molar-refractivity contribution is 6.31. The molecule has 1 aliphatic carbocycles. The van der Waals surface area contributed by atoms with E-state index in [0.29, 0.717) is 6.04 Å². The van der Waals surface area contributed by atoms with Crippen molar-refractivity contribution in [1.82, 2.24) is 0 Å². The minimum atomic E-state index is -0.360. The lowest BCUT2D eigenvalue weighted by molar-refractivity contribution is 0.482. The summed E-state index contributed by atoms with van der Waals surface area (Å²) >= 11 is 5.74. The van der Waals surface area contributed by atoms with Gasteiger partial charge in [-0.05, 0) is 43.9 Å². The van der Waals surface area contributed by atoms with Crippen molar-refractivity contribution in [2.24, 2.45) is 5.92 Å². The molecule has 0 aromatic heterocycles. The van der Waals surface area contributed by atoms with Crippen molar-refractivity contribution in [1.29, 1.82) is 0 Å². The third kappa shape index (κ3) is 2.67. The lowest BCUT2D eigenvalue weighted by Crippen LogP contribution is -2.23. The number of hydrogen-bond acceptors (Lipinski definition) is 1. The maximum absolute atomic E-state index is 13.0. The van der Waals surface area contributed by atoms with Gasteiger partial charge in [0.1, 0.15) is 5.82 Å². The average Bonchev–Trinajstić information content (AvgIpc) is 2.77. The lowest BCUT2D eigenvalue weighted by Gasteiger charge is -2.21. The first-order chi connectivity index (χ1) is 7.66. The monoisotopic (exact) mass is 241 g/mol. The zero-order valence-electron chi connectivity index (χ0n) is 9.47. The summed E-state index contributed by atoms with van der Waals surface area (Å²) in [4.78, 5) is 0. The second kappa shape index (κ2) is 5.05. The van der Waals surface area contributed by atoms with Gasteiger partial charge in [0, 0.05) is 11.7 Å². The molecule has 0 radical (unpaired) electrons. The summed E-state index contributed by atoms with van der Waals surface area (Å²) in [6, 6.07) is 5.24. The van der Waals surface area contributed by atoms with Gasteiger partial charge in [-0.25, -0.2) is 4.39 Å². The fourth-order valence-electron chi connectivity index (χ4n) is 2.42. The van der Waals surface area contributed by atoms with E-state index in [0.717, 1.165) is 11.6 Å². The van der Waals surface area contributed by atoms with Crippen LogP contribution in [0, 0.1) is 11.7 Å². The Balaban J connectivity index is 1.99. The maximum Gasteiger partial charge on any atom is 0.141 e. The fourth-order valence-corrected chi connectivity index (χ4v) is 2.60. The van der Waals surface area contributed by atoms with E-state index in [4.69, 9.17) is 11.6 Å². The molecule has 0 heterocycles. The summed E-state index contributed by atoms with van der Waals surface area (Å²) in [6.45, 7) is 2.19. The molecule has 0 amide bonds. The molecule has 1 aliphatic rings. The summed E-state index contributed by atoms with van der Waals surface area (Å²) in [5.41, 5.74) is 0.908. The Kier molecular flexibility index (Phi) is 3.70. The Morgan fingerprint density at radius 3 is 2.69 bits per heavy atom. The van der Waals surface area contributed by atoms with E-state index in [1.807, 2.05) is 0 Å². The fraction of sp³-hybridized carbons (Fsp3) is 0.538. The zero-order chi connectivity index (χ0) is 11.5. The molecular formula is C13H17ClFN. The molecule has 1 saturated carbocycles. The van der Waals surface area contributed by atoms with Crippen molar-refractivity contribution >= 4 is 17.3 Å². The van der Waals surface area contributed by atoms with Gasteiger partial charge in [0.25, 0.3) is 0 Å². The topological polar surface area (TPSA) is 12.0 Å². The van der Waals surface area contributed by atoms with Crippen molar-refractivity contribution < 1.29 is 4.39 Å². The highest BCUT2D eigenvalue weighted by Crippen LogP contribution is 2.29. The molecule has 3 heteroatoms. The first-order valence-corrected chi connectivity index (χ1v) is 6.26. The van der Waals surface area contributed by atoms with Crippen molar-refractivity contribution in [2.75, 3.05) is 5.32 Å². The molecule has 0 bridgehead atoms. The van der Waals surface area contributed by atoms with Crippen LogP contribution in [-0.2, 0) is 0 Å². The van der Waals surface area contributed by atoms with Gasteiger partial charge in [-0.2, -0.15) is 0 Å². The minimum absolute atomic E-state index is 0.184. The van der Waals surface area contributed by atoms with Gasteiger partial charge < -0.3 is 5.32 Å². The second-order valence-corrected chi connectivity index (χ2v) is 5.01. The van der Waals surface area contributed by atoms with E-state index in [2.05, 4.69) is 12.2 Å². The van der Waals surface area contributed by atoms with Gasteiger partial charge in [-0.3, -0.25) is 0 Å². The van der Waals surface area contributed by atoms with Gasteiger partial charge in [0.15, 0.2) is 0 Å². The number of anilines is 1. The summed E-state index contributed by atoms with van der Waals surface area (Å²) in [5, 5.41) is 3.58. The molecule has 1 aromatic carbocycles. The van der Waals surface area contributed by atoms with Crippen molar-refractivity contribution in [2.45, 2.75) is 38.6 Å². The summed E-state index contributed by atoms with van der Waals surface area (Å²) in [7, 11) is 0. The van der Waals surface area contributed by atoms with Crippen LogP contribution in [-0.4, -0.2) is 6.04 Å². The molecule has 0 aliphatic heterocycles. The summed E-state index contributed by atoms with van der Waals surface area (Å²) < 4.78 is 13.0. The van der Waals surface area contributed by atoms with Gasteiger partial charge in [-0.1, -0.05) is 24.4 Å². The molecule has 88 valence electrons. The van der Waals surface area contributed by atoms with Crippen LogP contribution < -0.4 is 5.32 Å². The number of hydrogen-bond donors (Lipinski definition) is 1. The van der Waals surface area contributed by atoms with Gasteiger partial charge >= 0.3 is 0 Å². The first kappa shape index (κ1) is 11.7. The van der Waals surface area contributed by atoms with Crippen LogP contribution in [0.3, 0.4) is 0 Å². The molecule has 1 nitrogen and oxygen atoms in total. The molecule has 1 atom stereocenters. The molecule has 1 N–H and O–H groups in total. The molecule has 1 aromatic rings. The standard InChI is InChI=1S/C13H17ClFN/c1-9(10-4-2-3-5-10)16-11-6-7-13(15)12(14)8-11/h6-10,16H,2-5H2,1H3. The first-order valence-electron chi connectivity index (χ1n) is 5.88. The molecule has 0 saturated heterocycles. The highest BCUT2D eigenvalue weighted by atomic mass is 35.5. The maximum atomic E-state index is 13.0. The van der Waals surface area contributed by atoms with E-state index in [1.165, 1.54) is 31.7 Å². The quantitative estimate of drug-likeness (QED) is 0.823. The molecular weight excluding hydrogens is 225 g/mol. The second-order valence-electron chi connectivity index (χ2n) is 4.61. The third-order valence-corrected chi connectivity index (χ3v) is 3.71. The van der Waals surface area contributed by atoms with Crippen LogP contribution in [0.1, 0.15) is 32.6 Å². The normalized spacial score (nSPS) is 18.7. The van der Waals surface area contributed by atoms with Gasteiger partial charge in [0.2, 0.25) is 0 Å².